The third kappa shape index (κ3) is 3.07. The fourth-order valence-electron chi connectivity index (χ4n) is 2.86. The molecule has 3 heteroatoms. The Morgan fingerprint density at radius 2 is 2.00 bits per heavy atom. The van der Waals surface area contributed by atoms with Crippen LogP contribution in [0.3, 0.4) is 0 Å². The number of hydrogen-bond donors (Lipinski definition) is 0. The summed E-state index contributed by atoms with van der Waals surface area (Å²) in [6.45, 7) is 10.7. The van der Waals surface area contributed by atoms with E-state index in [0.29, 0.717) is 5.41 Å². The molecule has 1 aromatic heterocycles. The highest BCUT2D eigenvalue weighted by atomic mass is 15.1. The van der Waals surface area contributed by atoms with Crippen molar-refractivity contribution >= 4 is 5.69 Å². The predicted octanol–water partition coefficient (Wildman–Crippen LogP) is 3.59. The molecule has 1 aliphatic heterocycles. The molecule has 0 radical (unpaired) electrons. The summed E-state index contributed by atoms with van der Waals surface area (Å²) in [5, 5.41) is 9.38. The van der Waals surface area contributed by atoms with Gasteiger partial charge in [-0.05, 0) is 44.6 Å². The topological polar surface area (TPSA) is 39.9 Å². The van der Waals surface area contributed by atoms with Crippen molar-refractivity contribution in [2.45, 2.75) is 47.0 Å². The summed E-state index contributed by atoms with van der Waals surface area (Å²) in [6.07, 6.45) is 3.63. The zero-order valence-electron chi connectivity index (χ0n) is 12.5. The van der Waals surface area contributed by atoms with Gasteiger partial charge < -0.3 is 4.90 Å². The van der Waals surface area contributed by atoms with Crippen LogP contribution in [0.1, 0.15) is 50.1 Å². The van der Waals surface area contributed by atoms with Gasteiger partial charge in [-0.2, -0.15) is 5.26 Å². The van der Waals surface area contributed by atoms with Gasteiger partial charge in [-0.3, -0.25) is 4.98 Å². The first kappa shape index (κ1) is 13.9. The predicted molar refractivity (Wildman–Crippen MR) is 78.3 cm³/mol. The van der Waals surface area contributed by atoms with E-state index in [2.05, 4.69) is 35.9 Å². The Bertz CT molecular complexity index is 511. The zero-order chi connectivity index (χ0) is 14.0. The maximum atomic E-state index is 9.38. The van der Waals surface area contributed by atoms with Crippen molar-refractivity contribution < 1.29 is 0 Å². The summed E-state index contributed by atoms with van der Waals surface area (Å²) < 4.78 is 0. The fourth-order valence-corrected chi connectivity index (χ4v) is 2.86. The molecule has 1 aliphatic rings. The molecule has 0 saturated carbocycles. The molecule has 0 aliphatic carbocycles. The van der Waals surface area contributed by atoms with Gasteiger partial charge in [0.1, 0.15) is 6.07 Å². The second kappa shape index (κ2) is 5.21. The van der Waals surface area contributed by atoms with E-state index in [1.54, 1.807) is 0 Å². The number of nitriles is 1. The van der Waals surface area contributed by atoms with Gasteiger partial charge in [-0.25, -0.2) is 0 Å². The standard InChI is InChI=1S/C16H23N3/c1-12-10-15(14(11-17)13(2)18-12)19-8-5-6-16(3,4)7-9-19/h10H,5-9H2,1-4H3. The minimum atomic E-state index is 0.415. The Morgan fingerprint density at radius 1 is 1.26 bits per heavy atom. The molecule has 0 N–H and O–H groups in total. The second-order valence-electron chi connectivity index (χ2n) is 6.36. The summed E-state index contributed by atoms with van der Waals surface area (Å²) in [6, 6.07) is 4.38. The average Bonchev–Trinajstić information content (AvgIpc) is 2.49. The third-order valence-corrected chi connectivity index (χ3v) is 4.10. The number of aromatic nitrogens is 1. The van der Waals surface area contributed by atoms with Crippen LogP contribution in [-0.4, -0.2) is 18.1 Å². The van der Waals surface area contributed by atoms with Gasteiger partial charge in [0.25, 0.3) is 0 Å². The Kier molecular flexibility index (Phi) is 3.80. The van der Waals surface area contributed by atoms with Gasteiger partial charge in [0.15, 0.2) is 0 Å². The van der Waals surface area contributed by atoms with E-state index in [4.69, 9.17) is 0 Å². The van der Waals surface area contributed by atoms with Crippen LogP contribution < -0.4 is 4.90 Å². The maximum Gasteiger partial charge on any atom is 0.103 e. The highest BCUT2D eigenvalue weighted by Crippen LogP contribution is 2.33. The Balaban J connectivity index is 2.34. The van der Waals surface area contributed by atoms with Crippen molar-refractivity contribution in [1.29, 1.82) is 5.26 Å². The Labute approximate surface area is 116 Å². The van der Waals surface area contributed by atoms with E-state index in [0.717, 1.165) is 35.7 Å². The van der Waals surface area contributed by atoms with E-state index in [1.807, 2.05) is 13.8 Å². The molecule has 102 valence electrons. The smallest absolute Gasteiger partial charge is 0.103 e. The van der Waals surface area contributed by atoms with E-state index < -0.39 is 0 Å². The van der Waals surface area contributed by atoms with Gasteiger partial charge in [0, 0.05) is 18.8 Å². The summed E-state index contributed by atoms with van der Waals surface area (Å²) in [4.78, 5) is 6.77. The Morgan fingerprint density at radius 3 is 2.68 bits per heavy atom. The first-order chi connectivity index (χ1) is 8.93. The normalized spacial score (nSPS) is 18.8. The zero-order valence-corrected chi connectivity index (χ0v) is 12.5. The number of pyridine rings is 1. The van der Waals surface area contributed by atoms with Crippen molar-refractivity contribution in [3.05, 3.63) is 23.0 Å². The number of anilines is 1. The minimum Gasteiger partial charge on any atom is -0.370 e. The largest absolute Gasteiger partial charge is 0.370 e. The summed E-state index contributed by atoms with van der Waals surface area (Å²) in [5.74, 6) is 0. The molecule has 0 spiro atoms. The lowest BCUT2D eigenvalue weighted by Crippen LogP contribution is -2.26. The summed E-state index contributed by atoms with van der Waals surface area (Å²) >= 11 is 0. The molecular weight excluding hydrogens is 234 g/mol. The monoisotopic (exact) mass is 257 g/mol. The van der Waals surface area contributed by atoms with Crippen LogP contribution in [-0.2, 0) is 0 Å². The van der Waals surface area contributed by atoms with E-state index in [-0.39, 0.29) is 0 Å². The molecule has 3 nitrogen and oxygen atoms in total. The van der Waals surface area contributed by atoms with Crippen molar-refractivity contribution in [3.8, 4) is 6.07 Å². The number of hydrogen-bond acceptors (Lipinski definition) is 3. The van der Waals surface area contributed by atoms with Crippen LogP contribution in [0.5, 0.6) is 0 Å². The SMILES string of the molecule is Cc1cc(N2CCCC(C)(C)CC2)c(C#N)c(C)n1. The van der Waals surface area contributed by atoms with Gasteiger partial charge in [-0.15, -0.1) is 0 Å². The van der Waals surface area contributed by atoms with Crippen LogP contribution >= 0.6 is 0 Å². The molecular formula is C16H23N3. The van der Waals surface area contributed by atoms with Crippen molar-refractivity contribution in [1.82, 2.24) is 4.98 Å². The molecule has 1 fully saturated rings. The first-order valence-corrected chi connectivity index (χ1v) is 7.06. The molecule has 2 rings (SSSR count). The first-order valence-electron chi connectivity index (χ1n) is 7.06. The summed E-state index contributed by atoms with van der Waals surface area (Å²) in [7, 11) is 0. The van der Waals surface area contributed by atoms with Crippen LogP contribution in [0.25, 0.3) is 0 Å². The maximum absolute atomic E-state index is 9.38. The lowest BCUT2D eigenvalue weighted by Gasteiger charge is -2.26. The molecule has 0 unspecified atom stereocenters. The average molecular weight is 257 g/mol. The van der Waals surface area contributed by atoms with Crippen LogP contribution in [0.4, 0.5) is 5.69 Å². The van der Waals surface area contributed by atoms with Gasteiger partial charge in [-0.1, -0.05) is 13.8 Å². The fraction of sp³-hybridized carbons (Fsp3) is 0.625. The van der Waals surface area contributed by atoms with Crippen LogP contribution in [0.2, 0.25) is 0 Å². The molecule has 1 aromatic rings. The van der Waals surface area contributed by atoms with Crippen molar-refractivity contribution in [3.63, 3.8) is 0 Å². The van der Waals surface area contributed by atoms with Crippen LogP contribution in [0.15, 0.2) is 6.07 Å². The molecule has 0 amide bonds. The number of aryl methyl sites for hydroxylation is 2. The van der Waals surface area contributed by atoms with E-state index >= 15 is 0 Å². The minimum absolute atomic E-state index is 0.415. The van der Waals surface area contributed by atoms with E-state index in [1.165, 1.54) is 19.3 Å². The number of rotatable bonds is 1. The van der Waals surface area contributed by atoms with Crippen molar-refractivity contribution in [2.24, 2.45) is 5.41 Å². The summed E-state index contributed by atoms with van der Waals surface area (Å²) in [5.41, 5.74) is 4.07. The molecule has 0 atom stereocenters. The highest BCUT2D eigenvalue weighted by Gasteiger charge is 2.24. The van der Waals surface area contributed by atoms with Gasteiger partial charge in [0.05, 0.1) is 16.9 Å². The molecule has 1 saturated heterocycles. The lowest BCUT2D eigenvalue weighted by atomic mass is 9.85. The molecule has 0 bridgehead atoms. The molecule has 0 aromatic carbocycles. The lowest BCUT2D eigenvalue weighted by molar-refractivity contribution is 0.325. The number of nitrogens with zero attached hydrogens (tertiary/aromatic N) is 3. The highest BCUT2D eigenvalue weighted by molar-refractivity contribution is 5.61. The van der Waals surface area contributed by atoms with Gasteiger partial charge >= 0.3 is 0 Å². The third-order valence-electron chi connectivity index (χ3n) is 4.10. The quantitative estimate of drug-likeness (QED) is 0.772. The van der Waals surface area contributed by atoms with Crippen LogP contribution in [0, 0.1) is 30.6 Å². The van der Waals surface area contributed by atoms with Gasteiger partial charge in [0.2, 0.25) is 0 Å². The molecule has 2 heterocycles. The Hall–Kier alpha value is -1.56. The van der Waals surface area contributed by atoms with Crippen molar-refractivity contribution in [2.75, 3.05) is 18.0 Å². The van der Waals surface area contributed by atoms with E-state index in [9.17, 15) is 5.26 Å². The second-order valence-corrected chi connectivity index (χ2v) is 6.36. The molecule has 19 heavy (non-hydrogen) atoms.